The van der Waals surface area contributed by atoms with Gasteiger partial charge in [0.15, 0.2) is 0 Å². The lowest BCUT2D eigenvalue weighted by molar-refractivity contribution is -0.145. The lowest BCUT2D eigenvalue weighted by Gasteiger charge is -2.25. The molecule has 1 aliphatic heterocycles. The van der Waals surface area contributed by atoms with Crippen LogP contribution >= 0.6 is 0 Å². The Morgan fingerprint density at radius 1 is 1.30 bits per heavy atom. The molecule has 0 bridgehead atoms. The fourth-order valence-corrected chi connectivity index (χ4v) is 2.49. The highest BCUT2D eigenvalue weighted by atomic mass is 16.5. The number of carbonyl (C=O) groups excluding carboxylic acids is 2. The van der Waals surface area contributed by atoms with Gasteiger partial charge in [-0.15, -0.1) is 0 Å². The average Bonchev–Trinajstić information content (AvgIpc) is 2.87. The first-order valence-electron chi connectivity index (χ1n) is 6.58. The quantitative estimate of drug-likeness (QED) is 0.787. The van der Waals surface area contributed by atoms with E-state index in [0.717, 1.165) is 11.3 Å². The second-order valence-electron chi connectivity index (χ2n) is 4.92. The van der Waals surface area contributed by atoms with Gasteiger partial charge in [-0.3, -0.25) is 9.59 Å². The molecule has 0 saturated carbocycles. The molecule has 1 aromatic carbocycles. The van der Waals surface area contributed by atoms with Crippen LogP contribution in [-0.2, 0) is 14.3 Å². The van der Waals surface area contributed by atoms with Gasteiger partial charge in [0.1, 0.15) is 5.75 Å². The molecule has 0 spiro atoms. The minimum atomic E-state index is -0.354. The zero-order chi connectivity index (χ0) is 14.7. The van der Waals surface area contributed by atoms with Crippen molar-refractivity contribution < 1.29 is 19.1 Å². The fraction of sp³-hybridized carbons (Fsp3) is 0.467. The molecule has 1 saturated heterocycles. The van der Waals surface area contributed by atoms with E-state index in [0.29, 0.717) is 6.54 Å². The first-order chi connectivity index (χ1) is 9.56. The maximum absolute atomic E-state index is 12.0. The topological polar surface area (TPSA) is 55.8 Å². The van der Waals surface area contributed by atoms with Gasteiger partial charge < -0.3 is 14.4 Å². The van der Waals surface area contributed by atoms with Crippen molar-refractivity contribution >= 4 is 11.9 Å². The van der Waals surface area contributed by atoms with E-state index in [1.165, 1.54) is 7.11 Å². The molecule has 20 heavy (non-hydrogen) atoms. The lowest BCUT2D eigenvalue weighted by atomic mass is 10.1. The van der Waals surface area contributed by atoms with Gasteiger partial charge in [-0.1, -0.05) is 12.1 Å². The van der Waals surface area contributed by atoms with Crippen LogP contribution < -0.4 is 4.74 Å². The normalized spacial score (nSPS) is 19.9. The lowest BCUT2D eigenvalue weighted by Crippen LogP contribution is -2.29. The molecule has 2 unspecified atom stereocenters. The van der Waals surface area contributed by atoms with Crippen molar-refractivity contribution in [2.24, 2.45) is 5.92 Å². The number of carbonyl (C=O) groups is 2. The first-order valence-corrected chi connectivity index (χ1v) is 6.58. The molecular formula is C15H19NO4. The van der Waals surface area contributed by atoms with E-state index in [2.05, 4.69) is 0 Å². The number of benzene rings is 1. The minimum absolute atomic E-state index is 0.0104. The molecular weight excluding hydrogens is 258 g/mol. The second kappa shape index (κ2) is 5.94. The highest BCUT2D eigenvalue weighted by Gasteiger charge is 2.37. The Hall–Kier alpha value is -2.04. The summed E-state index contributed by atoms with van der Waals surface area (Å²) in [6, 6.07) is 7.53. The van der Waals surface area contributed by atoms with Crippen molar-refractivity contribution in [3.05, 3.63) is 29.8 Å². The summed E-state index contributed by atoms with van der Waals surface area (Å²) < 4.78 is 9.83. The van der Waals surface area contributed by atoms with Crippen LogP contribution in [0.4, 0.5) is 0 Å². The number of methoxy groups -OCH3 is 2. The Morgan fingerprint density at radius 3 is 2.50 bits per heavy atom. The standard InChI is InChI=1S/C15H19NO4/c1-10(11-4-6-13(19-2)7-5-11)16-9-12(8-14(16)17)15(18)20-3/h4-7,10,12H,8-9H2,1-3H3. The fourth-order valence-electron chi connectivity index (χ4n) is 2.49. The van der Waals surface area contributed by atoms with Gasteiger partial charge in [0.2, 0.25) is 5.91 Å². The van der Waals surface area contributed by atoms with Crippen molar-refractivity contribution in [2.75, 3.05) is 20.8 Å². The van der Waals surface area contributed by atoms with Crippen LogP contribution in [0.5, 0.6) is 5.75 Å². The summed E-state index contributed by atoms with van der Waals surface area (Å²) in [6.07, 6.45) is 0.229. The second-order valence-corrected chi connectivity index (χ2v) is 4.92. The third kappa shape index (κ3) is 2.76. The van der Waals surface area contributed by atoms with Gasteiger partial charge in [0, 0.05) is 13.0 Å². The third-order valence-corrected chi connectivity index (χ3v) is 3.76. The number of likely N-dealkylation sites (tertiary alicyclic amines) is 1. The van der Waals surface area contributed by atoms with Gasteiger partial charge in [-0.25, -0.2) is 0 Å². The van der Waals surface area contributed by atoms with E-state index in [1.54, 1.807) is 12.0 Å². The molecule has 1 aromatic rings. The van der Waals surface area contributed by atoms with Gasteiger partial charge in [0.05, 0.1) is 26.2 Å². The van der Waals surface area contributed by atoms with Crippen molar-refractivity contribution in [2.45, 2.75) is 19.4 Å². The summed E-state index contributed by atoms with van der Waals surface area (Å²) in [5, 5.41) is 0. The summed E-state index contributed by atoms with van der Waals surface area (Å²) in [6.45, 7) is 2.37. The van der Waals surface area contributed by atoms with Gasteiger partial charge in [0.25, 0.3) is 0 Å². The van der Waals surface area contributed by atoms with E-state index in [4.69, 9.17) is 9.47 Å². The van der Waals surface area contributed by atoms with Gasteiger partial charge in [-0.2, -0.15) is 0 Å². The molecule has 1 heterocycles. The Labute approximate surface area is 118 Å². The molecule has 0 aliphatic carbocycles. The minimum Gasteiger partial charge on any atom is -0.497 e. The van der Waals surface area contributed by atoms with Crippen LogP contribution in [0.1, 0.15) is 24.9 Å². The number of esters is 1. The Balaban J connectivity index is 2.10. The Kier molecular flexibility index (Phi) is 4.27. The number of ether oxygens (including phenoxy) is 2. The largest absolute Gasteiger partial charge is 0.497 e. The predicted octanol–water partition coefficient (Wildman–Crippen LogP) is 1.78. The van der Waals surface area contributed by atoms with Crippen molar-refractivity contribution in [1.29, 1.82) is 0 Å². The molecule has 5 nitrogen and oxygen atoms in total. The number of hydrogen-bond acceptors (Lipinski definition) is 4. The summed E-state index contributed by atoms with van der Waals surface area (Å²) >= 11 is 0. The van der Waals surface area contributed by atoms with Crippen LogP contribution in [0.25, 0.3) is 0 Å². The Bertz CT molecular complexity index is 497. The van der Waals surface area contributed by atoms with Gasteiger partial charge >= 0.3 is 5.97 Å². The molecule has 0 N–H and O–H groups in total. The molecule has 108 valence electrons. The monoisotopic (exact) mass is 277 g/mol. The predicted molar refractivity (Wildman–Crippen MR) is 73.2 cm³/mol. The molecule has 1 fully saturated rings. The summed E-state index contributed by atoms with van der Waals surface area (Å²) in [4.78, 5) is 25.3. The van der Waals surface area contributed by atoms with Gasteiger partial charge in [-0.05, 0) is 24.6 Å². The molecule has 5 heteroatoms. The zero-order valence-corrected chi connectivity index (χ0v) is 12.0. The van der Waals surface area contributed by atoms with E-state index < -0.39 is 0 Å². The van der Waals surface area contributed by atoms with Crippen LogP contribution in [-0.4, -0.2) is 37.5 Å². The maximum atomic E-state index is 12.0. The van der Waals surface area contributed by atoms with Crippen molar-refractivity contribution in [3.8, 4) is 5.75 Å². The van der Waals surface area contributed by atoms with E-state index in [1.807, 2.05) is 31.2 Å². The molecule has 2 rings (SSSR count). The van der Waals surface area contributed by atoms with E-state index in [9.17, 15) is 9.59 Å². The zero-order valence-electron chi connectivity index (χ0n) is 12.0. The number of amides is 1. The van der Waals surface area contributed by atoms with Crippen LogP contribution in [0.3, 0.4) is 0 Å². The van der Waals surface area contributed by atoms with Crippen molar-refractivity contribution in [3.63, 3.8) is 0 Å². The van der Waals surface area contributed by atoms with Crippen LogP contribution in [0.15, 0.2) is 24.3 Å². The van der Waals surface area contributed by atoms with Crippen LogP contribution in [0.2, 0.25) is 0 Å². The highest BCUT2D eigenvalue weighted by Crippen LogP contribution is 2.29. The molecule has 1 amide bonds. The van der Waals surface area contributed by atoms with Crippen molar-refractivity contribution in [1.82, 2.24) is 4.90 Å². The number of rotatable bonds is 4. The molecule has 0 radical (unpaired) electrons. The van der Waals surface area contributed by atoms with E-state index in [-0.39, 0.29) is 30.3 Å². The third-order valence-electron chi connectivity index (χ3n) is 3.76. The smallest absolute Gasteiger partial charge is 0.310 e. The first kappa shape index (κ1) is 14.4. The number of hydrogen-bond donors (Lipinski definition) is 0. The highest BCUT2D eigenvalue weighted by molar-refractivity contribution is 5.87. The summed E-state index contributed by atoms with van der Waals surface area (Å²) in [5.41, 5.74) is 1.02. The Morgan fingerprint density at radius 2 is 1.95 bits per heavy atom. The SMILES string of the molecule is COC(=O)C1CC(=O)N(C(C)c2ccc(OC)cc2)C1. The van der Waals surface area contributed by atoms with Crippen LogP contribution in [0, 0.1) is 5.92 Å². The molecule has 2 atom stereocenters. The summed E-state index contributed by atoms with van der Waals surface area (Å²) in [7, 11) is 2.96. The number of nitrogens with zero attached hydrogens (tertiary/aromatic N) is 1. The molecule has 1 aliphatic rings. The average molecular weight is 277 g/mol. The van der Waals surface area contributed by atoms with E-state index >= 15 is 0 Å². The molecule has 0 aromatic heterocycles. The maximum Gasteiger partial charge on any atom is 0.310 e. The summed E-state index contributed by atoms with van der Waals surface area (Å²) in [5.74, 6) is 0.0980.